The molecule has 0 saturated carbocycles. The average Bonchev–Trinajstić information content (AvgIpc) is 3.22. The molecule has 0 fully saturated rings. The van der Waals surface area contributed by atoms with Crippen molar-refractivity contribution in [1.29, 1.82) is 5.26 Å². The van der Waals surface area contributed by atoms with Crippen LogP contribution in [0.3, 0.4) is 0 Å². The average molecular weight is 420 g/mol. The Morgan fingerprint density at radius 3 is 2.52 bits per heavy atom. The number of nitrogens with zero attached hydrogens (tertiary/aromatic N) is 4. The van der Waals surface area contributed by atoms with E-state index in [9.17, 15) is 18.4 Å². The van der Waals surface area contributed by atoms with Crippen molar-refractivity contribution < 1.29 is 13.2 Å². The van der Waals surface area contributed by atoms with Crippen molar-refractivity contribution in [3.63, 3.8) is 0 Å². The van der Waals surface area contributed by atoms with E-state index in [-0.39, 0.29) is 11.3 Å². The summed E-state index contributed by atoms with van der Waals surface area (Å²) in [5, 5.41) is 16.3. The van der Waals surface area contributed by atoms with E-state index < -0.39 is 11.7 Å². The summed E-state index contributed by atoms with van der Waals surface area (Å²) in [5.41, 5.74) is 6.34. The predicted octanol–water partition coefficient (Wildman–Crippen LogP) is 5.15. The van der Waals surface area contributed by atoms with Crippen LogP contribution in [0.4, 0.5) is 30.4 Å². The zero-order valence-corrected chi connectivity index (χ0v) is 15.9. The monoisotopic (exact) mass is 420 g/mol. The molecular formula is C22H15F3N6. The lowest BCUT2D eigenvalue weighted by atomic mass is 9.98. The van der Waals surface area contributed by atoms with Gasteiger partial charge in [-0.1, -0.05) is 18.2 Å². The highest BCUT2D eigenvalue weighted by Gasteiger charge is 2.34. The number of hydrogen-bond donors (Lipinski definition) is 2. The molecule has 0 spiro atoms. The predicted molar refractivity (Wildman–Crippen MR) is 111 cm³/mol. The second-order valence-corrected chi connectivity index (χ2v) is 6.64. The summed E-state index contributed by atoms with van der Waals surface area (Å²) in [6.07, 6.45) is -1.46. The number of nitriles is 1. The Labute approximate surface area is 175 Å². The molecule has 0 atom stereocenters. The molecular weight excluding hydrogens is 405 g/mol. The lowest BCUT2D eigenvalue weighted by Crippen LogP contribution is -2.08. The van der Waals surface area contributed by atoms with Crippen LogP contribution in [0.25, 0.3) is 16.9 Å². The molecule has 0 amide bonds. The third-order valence-corrected chi connectivity index (χ3v) is 4.53. The Morgan fingerprint density at radius 2 is 1.81 bits per heavy atom. The molecule has 0 aliphatic rings. The zero-order valence-electron chi connectivity index (χ0n) is 15.9. The number of anilines is 3. The first-order valence-electron chi connectivity index (χ1n) is 9.10. The van der Waals surface area contributed by atoms with Crippen LogP contribution in [-0.4, -0.2) is 14.8 Å². The van der Waals surface area contributed by atoms with Gasteiger partial charge in [-0.05, 0) is 47.5 Å². The fraction of sp³-hybridized carbons (Fsp3) is 0.0455. The first-order chi connectivity index (χ1) is 14.8. The maximum absolute atomic E-state index is 13.7. The van der Waals surface area contributed by atoms with E-state index in [1.165, 1.54) is 16.9 Å². The molecule has 2 aromatic heterocycles. The van der Waals surface area contributed by atoms with Crippen LogP contribution >= 0.6 is 0 Å². The smallest absolute Gasteiger partial charge is 0.399 e. The van der Waals surface area contributed by atoms with Gasteiger partial charge in [-0.25, -0.2) is 9.67 Å². The molecule has 6 nitrogen and oxygen atoms in total. The molecule has 154 valence electrons. The summed E-state index contributed by atoms with van der Waals surface area (Å²) in [7, 11) is 0. The Hall–Kier alpha value is -4.32. The molecule has 0 radical (unpaired) electrons. The Morgan fingerprint density at radius 1 is 1.03 bits per heavy atom. The fourth-order valence-corrected chi connectivity index (χ4v) is 3.09. The van der Waals surface area contributed by atoms with Crippen molar-refractivity contribution in [1.82, 2.24) is 14.8 Å². The molecule has 2 heterocycles. The van der Waals surface area contributed by atoms with E-state index >= 15 is 0 Å². The van der Waals surface area contributed by atoms with Gasteiger partial charge in [0, 0.05) is 29.8 Å². The highest BCUT2D eigenvalue weighted by molar-refractivity contribution is 5.73. The molecule has 2 aromatic carbocycles. The van der Waals surface area contributed by atoms with Crippen LogP contribution in [0.15, 0.2) is 73.1 Å². The second kappa shape index (κ2) is 7.84. The number of nitrogen functional groups attached to an aromatic ring is 1. The van der Waals surface area contributed by atoms with Gasteiger partial charge in [0.05, 0.1) is 11.1 Å². The number of rotatable bonds is 4. The van der Waals surface area contributed by atoms with Gasteiger partial charge >= 0.3 is 6.18 Å². The molecule has 0 aliphatic carbocycles. The van der Waals surface area contributed by atoms with Crippen LogP contribution in [0.1, 0.15) is 11.1 Å². The summed E-state index contributed by atoms with van der Waals surface area (Å²) in [6, 6.07) is 17.0. The number of pyridine rings is 1. The summed E-state index contributed by atoms with van der Waals surface area (Å²) >= 11 is 0. The number of nitrogens with one attached hydrogen (secondary N) is 1. The minimum atomic E-state index is -4.55. The first-order valence-corrected chi connectivity index (χ1v) is 9.10. The number of alkyl halides is 3. The highest BCUT2D eigenvalue weighted by atomic mass is 19.4. The Balaban J connectivity index is 1.66. The number of benzene rings is 2. The lowest BCUT2D eigenvalue weighted by Gasteiger charge is -2.15. The molecule has 0 saturated heterocycles. The number of hydrogen-bond acceptors (Lipinski definition) is 5. The minimum absolute atomic E-state index is 0.0516. The van der Waals surface area contributed by atoms with Gasteiger partial charge in [0.25, 0.3) is 0 Å². The van der Waals surface area contributed by atoms with Gasteiger partial charge in [-0.15, -0.1) is 5.10 Å². The molecule has 0 bridgehead atoms. The van der Waals surface area contributed by atoms with E-state index in [1.54, 1.807) is 54.7 Å². The SMILES string of the molecule is N#Cc1cccnc1-n1ccc(Nc2ccc(-c3ccc(N)cc3)c(C(F)(F)F)c2)n1. The van der Waals surface area contributed by atoms with Gasteiger partial charge in [-0.2, -0.15) is 18.4 Å². The maximum atomic E-state index is 13.7. The maximum Gasteiger partial charge on any atom is 0.417 e. The molecule has 31 heavy (non-hydrogen) atoms. The van der Waals surface area contributed by atoms with Crippen molar-refractivity contribution in [3.8, 4) is 23.0 Å². The lowest BCUT2D eigenvalue weighted by molar-refractivity contribution is -0.137. The molecule has 4 aromatic rings. The Bertz CT molecular complexity index is 1270. The van der Waals surface area contributed by atoms with Crippen LogP contribution in [0, 0.1) is 11.3 Å². The standard InChI is InChI=1S/C22H15F3N6/c23-22(24,25)19-12-17(7-8-18(19)14-3-5-16(27)6-4-14)29-20-9-11-31(30-20)21-15(13-26)2-1-10-28-21/h1-12H,27H2,(H,29,30). The van der Waals surface area contributed by atoms with Crippen molar-refractivity contribution in [2.75, 3.05) is 11.1 Å². The normalized spacial score (nSPS) is 11.2. The van der Waals surface area contributed by atoms with Crippen molar-refractivity contribution in [2.45, 2.75) is 6.18 Å². The van der Waals surface area contributed by atoms with E-state index in [1.807, 2.05) is 6.07 Å². The van der Waals surface area contributed by atoms with Gasteiger partial charge in [0.1, 0.15) is 6.07 Å². The minimum Gasteiger partial charge on any atom is -0.399 e. The van der Waals surface area contributed by atoms with Crippen LogP contribution in [0.5, 0.6) is 0 Å². The molecule has 9 heteroatoms. The van der Waals surface area contributed by atoms with E-state index in [4.69, 9.17) is 5.73 Å². The largest absolute Gasteiger partial charge is 0.417 e. The Kier molecular flexibility index (Phi) is 5.05. The van der Waals surface area contributed by atoms with Crippen LogP contribution in [-0.2, 0) is 6.18 Å². The summed E-state index contributed by atoms with van der Waals surface area (Å²) < 4.78 is 42.6. The molecule has 0 unspecified atom stereocenters. The van der Waals surface area contributed by atoms with Crippen molar-refractivity contribution in [2.24, 2.45) is 0 Å². The number of halogens is 3. The molecule has 4 rings (SSSR count). The molecule has 3 N–H and O–H groups in total. The zero-order chi connectivity index (χ0) is 22.0. The fourth-order valence-electron chi connectivity index (χ4n) is 3.09. The van der Waals surface area contributed by atoms with Crippen molar-refractivity contribution in [3.05, 3.63) is 84.2 Å². The topological polar surface area (TPSA) is 92.5 Å². The van der Waals surface area contributed by atoms with Gasteiger partial charge in [0.15, 0.2) is 11.6 Å². The third-order valence-electron chi connectivity index (χ3n) is 4.53. The highest BCUT2D eigenvalue weighted by Crippen LogP contribution is 2.39. The van der Waals surface area contributed by atoms with Crippen LogP contribution < -0.4 is 11.1 Å². The van der Waals surface area contributed by atoms with E-state index in [2.05, 4.69) is 15.4 Å². The van der Waals surface area contributed by atoms with E-state index in [0.717, 1.165) is 6.07 Å². The summed E-state index contributed by atoms with van der Waals surface area (Å²) in [6.45, 7) is 0. The first kappa shape index (κ1) is 20.0. The van der Waals surface area contributed by atoms with Crippen molar-refractivity contribution >= 4 is 17.2 Å². The summed E-state index contributed by atoms with van der Waals surface area (Å²) in [5.74, 6) is 0.635. The quantitative estimate of drug-likeness (QED) is 0.446. The molecule has 0 aliphatic heterocycles. The third kappa shape index (κ3) is 4.18. The van der Waals surface area contributed by atoms with Crippen LogP contribution in [0.2, 0.25) is 0 Å². The summed E-state index contributed by atoms with van der Waals surface area (Å²) in [4.78, 5) is 4.13. The van der Waals surface area contributed by atoms with Gasteiger partial charge in [0.2, 0.25) is 0 Å². The van der Waals surface area contributed by atoms with E-state index in [0.29, 0.717) is 28.5 Å². The van der Waals surface area contributed by atoms with Gasteiger partial charge < -0.3 is 11.1 Å². The second-order valence-electron chi connectivity index (χ2n) is 6.64. The van der Waals surface area contributed by atoms with Gasteiger partial charge in [-0.3, -0.25) is 0 Å². The number of nitrogens with two attached hydrogens (primary N) is 1. The number of aromatic nitrogens is 3.